The van der Waals surface area contributed by atoms with Gasteiger partial charge in [-0.15, -0.1) is 11.6 Å². The van der Waals surface area contributed by atoms with Gasteiger partial charge in [-0.1, -0.05) is 18.2 Å². The van der Waals surface area contributed by atoms with Gasteiger partial charge in [0.25, 0.3) is 0 Å². The molecule has 5 heteroatoms. The molecule has 3 rings (SSSR count). The summed E-state index contributed by atoms with van der Waals surface area (Å²) >= 11 is 7.35. The van der Waals surface area contributed by atoms with Gasteiger partial charge in [0, 0.05) is 11.4 Å². The van der Waals surface area contributed by atoms with E-state index in [1.807, 2.05) is 24.3 Å². The van der Waals surface area contributed by atoms with Crippen molar-refractivity contribution in [2.24, 2.45) is 4.99 Å². The predicted molar refractivity (Wildman–Crippen MR) is 88.6 cm³/mol. The number of fused-ring (bicyclic) bond motifs is 1. The largest absolute Gasteiger partial charge is 0.494 e. The molecule has 2 aliphatic rings. The smallest absolute Gasteiger partial charge is 0.169 e. The molecule has 0 aromatic heterocycles. The molecule has 0 radical (unpaired) electrons. The van der Waals surface area contributed by atoms with Gasteiger partial charge in [0.05, 0.1) is 11.9 Å². The number of hydrogen-bond acceptors (Lipinski definition) is 4. The number of thioether (sulfide) groups is 1. The molecule has 1 aromatic rings. The van der Waals surface area contributed by atoms with Crippen molar-refractivity contribution in [2.75, 3.05) is 12.5 Å². The number of aliphatic hydroxyl groups is 1. The van der Waals surface area contributed by atoms with Crippen molar-refractivity contribution >= 4 is 28.4 Å². The number of rotatable bonds is 5. The van der Waals surface area contributed by atoms with E-state index in [0.29, 0.717) is 12.5 Å². The first-order chi connectivity index (χ1) is 10.2. The summed E-state index contributed by atoms with van der Waals surface area (Å²) in [6.45, 7) is 0.639. The summed E-state index contributed by atoms with van der Waals surface area (Å²) in [5.41, 5.74) is 0.223. The molecule has 3 nitrogen and oxygen atoms in total. The van der Waals surface area contributed by atoms with Crippen LogP contribution < -0.4 is 4.74 Å². The van der Waals surface area contributed by atoms with Crippen LogP contribution in [0.5, 0.6) is 5.75 Å². The number of halogens is 1. The number of hydrogen-bond donors (Lipinski definition) is 1. The van der Waals surface area contributed by atoms with E-state index in [9.17, 15) is 5.11 Å². The Morgan fingerprint density at radius 1 is 1.33 bits per heavy atom. The maximum atomic E-state index is 10.6. The number of aliphatic imine (C=N–C) groups is 1. The number of ether oxygens (including phenoxy) is 1. The summed E-state index contributed by atoms with van der Waals surface area (Å²) in [5, 5.41) is 11.8. The van der Waals surface area contributed by atoms with Crippen molar-refractivity contribution < 1.29 is 9.84 Å². The molecule has 2 unspecified atom stereocenters. The zero-order valence-electron chi connectivity index (χ0n) is 11.9. The molecular weight excluding hydrogens is 306 g/mol. The van der Waals surface area contributed by atoms with Crippen LogP contribution in [0.3, 0.4) is 0 Å². The van der Waals surface area contributed by atoms with Crippen LogP contribution in [0, 0.1) is 0 Å². The van der Waals surface area contributed by atoms with Gasteiger partial charge >= 0.3 is 0 Å². The Morgan fingerprint density at radius 2 is 2.14 bits per heavy atom. The fourth-order valence-electron chi connectivity index (χ4n) is 2.80. The minimum Gasteiger partial charge on any atom is -0.494 e. The number of alkyl halides is 1. The van der Waals surface area contributed by atoms with Crippen LogP contribution in [0.15, 0.2) is 29.3 Å². The Kier molecular flexibility index (Phi) is 4.77. The predicted octanol–water partition coefficient (Wildman–Crippen LogP) is 3.82. The molecule has 0 saturated heterocycles. The van der Waals surface area contributed by atoms with E-state index in [0.717, 1.165) is 42.0 Å². The standard InChI is InChI=1S/C16H20ClNO2S/c17-10-3-11-20-13-7-5-12(6-8-13)15-18-16(19)9-2-1-4-14(16)21-15/h5-8,14,19H,1-4,9-11H2. The molecular formula is C16H20ClNO2S. The van der Waals surface area contributed by atoms with Crippen LogP contribution in [0.4, 0.5) is 0 Å². The van der Waals surface area contributed by atoms with E-state index in [1.165, 1.54) is 6.42 Å². The summed E-state index contributed by atoms with van der Waals surface area (Å²) in [5.74, 6) is 1.47. The molecule has 1 aliphatic heterocycles. The van der Waals surface area contributed by atoms with Gasteiger partial charge in [0.15, 0.2) is 5.72 Å². The summed E-state index contributed by atoms with van der Waals surface area (Å²) in [6, 6.07) is 7.95. The van der Waals surface area contributed by atoms with Crippen LogP contribution in [0.2, 0.25) is 0 Å². The second kappa shape index (κ2) is 6.59. The molecule has 0 bridgehead atoms. The van der Waals surface area contributed by atoms with E-state index in [1.54, 1.807) is 11.8 Å². The molecule has 0 spiro atoms. The molecule has 1 aromatic carbocycles. The van der Waals surface area contributed by atoms with Crippen molar-refractivity contribution in [3.63, 3.8) is 0 Å². The van der Waals surface area contributed by atoms with Gasteiger partial charge in [-0.25, -0.2) is 4.99 Å². The quantitative estimate of drug-likeness (QED) is 0.661. The van der Waals surface area contributed by atoms with Crippen LogP contribution in [-0.2, 0) is 0 Å². The normalized spacial score (nSPS) is 28.1. The number of benzene rings is 1. The van der Waals surface area contributed by atoms with Gasteiger partial charge in [-0.05, 0) is 49.9 Å². The molecule has 114 valence electrons. The van der Waals surface area contributed by atoms with Crippen molar-refractivity contribution in [2.45, 2.75) is 43.1 Å². The Labute approximate surface area is 134 Å². The van der Waals surface area contributed by atoms with Gasteiger partial charge in [0.1, 0.15) is 10.8 Å². The summed E-state index contributed by atoms with van der Waals surface area (Å²) in [4.78, 5) is 4.59. The molecule has 1 saturated carbocycles. The average Bonchev–Trinajstić information content (AvgIpc) is 2.85. The van der Waals surface area contributed by atoms with Gasteiger partial charge in [0.2, 0.25) is 0 Å². The van der Waals surface area contributed by atoms with Gasteiger partial charge < -0.3 is 9.84 Å². The Bertz CT molecular complexity index is 520. The van der Waals surface area contributed by atoms with Crippen LogP contribution >= 0.6 is 23.4 Å². The fraction of sp³-hybridized carbons (Fsp3) is 0.562. The van der Waals surface area contributed by atoms with Gasteiger partial charge in [-0.2, -0.15) is 0 Å². The summed E-state index contributed by atoms with van der Waals surface area (Å²) < 4.78 is 5.60. The maximum Gasteiger partial charge on any atom is 0.169 e. The number of nitrogens with zero attached hydrogens (tertiary/aromatic N) is 1. The van der Waals surface area contributed by atoms with Crippen LogP contribution in [0.1, 0.15) is 37.7 Å². The minimum atomic E-state index is -0.840. The summed E-state index contributed by atoms with van der Waals surface area (Å²) in [7, 11) is 0. The van der Waals surface area contributed by atoms with Crippen molar-refractivity contribution in [3.8, 4) is 5.75 Å². The fourth-order valence-corrected chi connectivity index (χ4v) is 4.30. The SMILES string of the molecule is OC12CCCCC1SC(c1ccc(OCCCCl)cc1)=N2. The third-order valence-electron chi connectivity index (χ3n) is 3.97. The highest BCUT2D eigenvalue weighted by Gasteiger charge is 2.44. The second-order valence-electron chi connectivity index (χ2n) is 5.56. The van der Waals surface area contributed by atoms with E-state index in [2.05, 4.69) is 4.99 Å². The molecule has 1 heterocycles. The molecule has 21 heavy (non-hydrogen) atoms. The zero-order valence-corrected chi connectivity index (χ0v) is 13.5. The Hall–Kier alpha value is -0.710. The van der Waals surface area contributed by atoms with Crippen LogP contribution in [-0.4, -0.2) is 33.6 Å². The summed E-state index contributed by atoms with van der Waals surface area (Å²) in [6.07, 6.45) is 4.94. The average molecular weight is 326 g/mol. The molecule has 2 atom stereocenters. The third kappa shape index (κ3) is 3.38. The van der Waals surface area contributed by atoms with Crippen molar-refractivity contribution in [3.05, 3.63) is 29.8 Å². The Balaban J connectivity index is 1.68. The van der Waals surface area contributed by atoms with E-state index in [4.69, 9.17) is 16.3 Å². The minimum absolute atomic E-state index is 0.223. The van der Waals surface area contributed by atoms with Crippen molar-refractivity contribution in [1.82, 2.24) is 0 Å². The second-order valence-corrected chi connectivity index (χ2v) is 7.13. The van der Waals surface area contributed by atoms with E-state index < -0.39 is 5.72 Å². The van der Waals surface area contributed by atoms with Crippen molar-refractivity contribution in [1.29, 1.82) is 0 Å². The highest BCUT2D eigenvalue weighted by molar-refractivity contribution is 8.15. The third-order valence-corrected chi connectivity index (χ3v) is 5.69. The first-order valence-electron chi connectivity index (χ1n) is 7.49. The first kappa shape index (κ1) is 15.2. The lowest BCUT2D eigenvalue weighted by molar-refractivity contribution is 0.0228. The van der Waals surface area contributed by atoms with Gasteiger partial charge in [-0.3, -0.25) is 0 Å². The molecule has 1 aliphatic carbocycles. The van der Waals surface area contributed by atoms with Crippen LogP contribution in [0.25, 0.3) is 0 Å². The molecule has 1 fully saturated rings. The first-order valence-corrected chi connectivity index (χ1v) is 8.91. The molecule has 1 N–H and O–H groups in total. The topological polar surface area (TPSA) is 41.8 Å². The lowest BCUT2D eigenvalue weighted by atomic mass is 9.92. The zero-order chi connectivity index (χ0) is 14.7. The Morgan fingerprint density at radius 3 is 2.86 bits per heavy atom. The monoisotopic (exact) mass is 325 g/mol. The lowest BCUT2D eigenvalue weighted by Gasteiger charge is -2.30. The molecule has 0 amide bonds. The lowest BCUT2D eigenvalue weighted by Crippen LogP contribution is -2.38. The van der Waals surface area contributed by atoms with E-state index in [-0.39, 0.29) is 5.25 Å². The maximum absolute atomic E-state index is 10.6. The van der Waals surface area contributed by atoms with E-state index >= 15 is 0 Å². The highest BCUT2D eigenvalue weighted by Crippen LogP contribution is 2.44. The highest BCUT2D eigenvalue weighted by atomic mass is 35.5.